The van der Waals surface area contributed by atoms with Crippen molar-refractivity contribution in [2.45, 2.75) is 64.6 Å². The number of carbonyl (C=O) groups is 2. The van der Waals surface area contributed by atoms with Crippen LogP contribution in [-0.2, 0) is 9.53 Å². The third-order valence-corrected chi connectivity index (χ3v) is 3.61. The predicted octanol–water partition coefficient (Wildman–Crippen LogP) is 1.50. The average molecular weight is 299 g/mol. The molecular formula is C15H29N3O3. The molecule has 0 saturated carbocycles. The van der Waals surface area contributed by atoms with Gasteiger partial charge in [-0.2, -0.15) is 0 Å². The minimum absolute atomic E-state index is 0.00590. The van der Waals surface area contributed by atoms with Gasteiger partial charge in [-0.3, -0.25) is 9.69 Å². The lowest BCUT2D eigenvalue weighted by atomic mass is 9.96. The van der Waals surface area contributed by atoms with Crippen LogP contribution >= 0.6 is 0 Å². The van der Waals surface area contributed by atoms with Crippen LogP contribution in [-0.4, -0.2) is 54.7 Å². The molecule has 2 N–H and O–H groups in total. The van der Waals surface area contributed by atoms with E-state index in [1.165, 1.54) is 0 Å². The van der Waals surface area contributed by atoms with E-state index < -0.39 is 11.7 Å². The standard InChI is InChI=1S/C15H29N3O3/c1-11(17-14(20)21-15(2,3)4)12-8-6-7-9-18(12)10-13(19)16-5/h11-12H,6-10H2,1-5H3,(H,16,19)(H,17,20). The number of likely N-dealkylation sites (tertiary alicyclic amines) is 1. The number of piperidine rings is 1. The van der Waals surface area contributed by atoms with E-state index in [2.05, 4.69) is 15.5 Å². The van der Waals surface area contributed by atoms with Crippen LogP contribution in [0.4, 0.5) is 4.79 Å². The zero-order valence-electron chi connectivity index (χ0n) is 13.9. The minimum atomic E-state index is -0.502. The number of nitrogens with one attached hydrogen (secondary N) is 2. The van der Waals surface area contributed by atoms with Crippen LogP contribution in [0.1, 0.15) is 47.0 Å². The number of hydrogen-bond acceptors (Lipinski definition) is 4. The van der Waals surface area contributed by atoms with Crippen LogP contribution in [0.3, 0.4) is 0 Å². The molecule has 2 unspecified atom stereocenters. The van der Waals surface area contributed by atoms with Crippen LogP contribution in [0.5, 0.6) is 0 Å². The van der Waals surface area contributed by atoms with Gasteiger partial charge in [0.2, 0.25) is 5.91 Å². The lowest BCUT2D eigenvalue weighted by Gasteiger charge is -2.39. The molecule has 1 aliphatic heterocycles. The minimum Gasteiger partial charge on any atom is -0.444 e. The van der Waals surface area contributed by atoms with Crippen molar-refractivity contribution in [3.8, 4) is 0 Å². The zero-order valence-corrected chi connectivity index (χ0v) is 13.9. The van der Waals surface area contributed by atoms with Crippen molar-refractivity contribution in [2.24, 2.45) is 0 Å². The molecule has 1 rings (SSSR count). The fourth-order valence-electron chi connectivity index (χ4n) is 2.63. The smallest absolute Gasteiger partial charge is 0.407 e. The molecule has 2 amide bonds. The van der Waals surface area contributed by atoms with Crippen molar-refractivity contribution >= 4 is 12.0 Å². The number of likely N-dealkylation sites (N-methyl/N-ethyl adjacent to an activating group) is 1. The Labute approximate surface area is 127 Å². The summed E-state index contributed by atoms with van der Waals surface area (Å²) in [6.45, 7) is 8.76. The fraction of sp³-hybridized carbons (Fsp3) is 0.867. The van der Waals surface area contributed by atoms with Gasteiger partial charge in [-0.05, 0) is 47.1 Å². The third kappa shape index (κ3) is 6.33. The highest BCUT2D eigenvalue weighted by molar-refractivity contribution is 5.77. The van der Waals surface area contributed by atoms with Gasteiger partial charge in [-0.1, -0.05) is 6.42 Å². The first-order valence-electron chi connectivity index (χ1n) is 7.67. The van der Waals surface area contributed by atoms with E-state index in [1.54, 1.807) is 7.05 Å². The maximum atomic E-state index is 11.9. The monoisotopic (exact) mass is 299 g/mol. The molecular weight excluding hydrogens is 270 g/mol. The molecule has 1 aliphatic rings. The Hall–Kier alpha value is -1.30. The maximum Gasteiger partial charge on any atom is 0.407 e. The number of carbonyl (C=O) groups excluding carboxylic acids is 2. The van der Waals surface area contributed by atoms with Gasteiger partial charge in [0.1, 0.15) is 5.60 Å². The molecule has 122 valence electrons. The molecule has 6 nitrogen and oxygen atoms in total. The summed E-state index contributed by atoms with van der Waals surface area (Å²) in [5.41, 5.74) is -0.502. The van der Waals surface area contributed by atoms with Gasteiger partial charge in [0.25, 0.3) is 0 Å². The van der Waals surface area contributed by atoms with E-state index in [4.69, 9.17) is 4.74 Å². The van der Waals surface area contributed by atoms with Crippen LogP contribution in [0.25, 0.3) is 0 Å². The van der Waals surface area contributed by atoms with Gasteiger partial charge in [-0.25, -0.2) is 4.79 Å². The Kier molecular flexibility index (Phi) is 6.45. The molecule has 0 spiro atoms. The molecule has 6 heteroatoms. The molecule has 0 radical (unpaired) electrons. The predicted molar refractivity (Wildman–Crippen MR) is 82.1 cm³/mol. The van der Waals surface area contributed by atoms with Crippen LogP contribution in [0, 0.1) is 0 Å². The zero-order chi connectivity index (χ0) is 16.0. The second-order valence-electron chi connectivity index (χ2n) is 6.64. The number of alkyl carbamates (subject to hydrolysis) is 1. The number of amides is 2. The molecule has 0 bridgehead atoms. The van der Waals surface area contributed by atoms with Gasteiger partial charge in [-0.15, -0.1) is 0 Å². The maximum absolute atomic E-state index is 11.9. The van der Waals surface area contributed by atoms with E-state index in [-0.39, 0.29) is 18.0 Å². The lowest BCUT2D eigenvalue weighted by molar-refractivity contribution is -0.122. The second-order valence-corrected chi connectivity index (χ2v) is 6.64. The van der Waals surface area contributed by atoms with Crippen molar-refractivity contribution in [1.29, 1.82) is 0 Å². The van der Waals surface area contributed by atoms with Crippen molar-refractivity contribution in [2.75, 3.05) is 20.1 Å². The van der Waals surface area contributed by atoms with Crippen molar-refractivity contribution in [3.05, 3.63) is 0 Å². The fourth-order valence-corrected chi connectivity index (χ4v) is 2.63. The highest BCUT2D eigenvalue weighted by atomic mass is 16.6. The van der Waals surface area contributed by atoms with Crippen molar-refractivity contribution < 1.29 is 14.3 Å². The summed E-state index contributed by atoms with van der Waals surface area (Å²) in [7, 11) is 1.64. The third-order valence-electron chi connectivity index (χ3n) is 3.61. The lowest BCUT2D eigenvalue weighted by Crippen LogP contribution is -2.54. The molecule has 0 aliphatic carbocycles. The van der Waals surface area contributed by atoms with E-state index in [0.29, 0.717) is 6.54 Å². The van der Waals surface area contributed by atoms with E-state index in [0.717, 1.165) is 25.8 Å². The Morgan fingerprint density at radius 2 is 2.00 bits per heavy atom. The second kappa shape index (κ2) is 7.64. The van der Waals surface area contributed by atoms with Crippen LogP contribution < -0.4 is 10.6 Å². The Balaban J connectivity index is 2.58. The van der Waals surface area contributed by atoms with Gasteiger partial charge in [0.05, 0.1) is 6.54 Å². The van der Waals surface area contributed by atoms with E-state index in [1.807, 2.05) is 27.7 Å². The van der Waals surface area contributed by atoms with Crippen molar-refractivity contribution in [3.63, 3.8) is 0 Å². The SMILES string of the molecule is CNC(=O)CN1CCCCC1C(C)NC(=O)OC(C)(C)C. The summed E-state index contributed by atoms with van der Waals surface area (Å²) in [5.74, 6) is 0.00590. The molecule has 0 aromatic rings. The average Bonchev–Trinajstić information content (AvgIpc) is 2.36. The highest BCUT2D eigenvalue weighted by Gasteiger charge is 2.30. The Morgan fingerprint density at radius 3 is 2.57 bits per heavy atom. The first-order valence-corrected chi connectivity index (χ1v) is 7.67. The quantitative estimate of drug-likeness (QED) is 0.825. The van der Waals surface area contributed by atoms with Gasteiger partial charge < -0.3 is 15.4 Å². The topological polar surface area (TPSA) is 70.7 Å². The number of ether oxygens (including phenoxy) is 1. The van der Waals surface area contributed by atoms with Gasteiger partial charge in [0, 0.05) is 19.1 Å². The summed E-state index contributed by atoms with van der Waals surface area (Å²) in [4.78, 5) is 25.6. The normalized spacial score (nSPS) is 21.5. The number of hydrogen-bond donors (Lipinski definition) is 2. The van der Waals surface area contributed by atoms with Crippen molar-refractivity contribution in [1.82, 2.24) is 15.5 Å². The van der Waals surface area contributed by atoms with E-state index in [9.17, 15) is 9.59 Å². The van der Waals surface area contributed by atoms with Gasteiger partial charge in [0.15, 0.2) is 0 Å². The molecule has 1 saturated heterocycles. The number of rotatable bonds is 4. The molecule has 1 fully saturated rings. The molecule has 0 aromatic heterocycles. The molecule has 1 heterocycles. The Morgan fingerprint density at radius 1 is 1.33 bits per heavy atom. The summed E-state index contributed by atoms with van der Waals surface area (Å²) < 4.78 is 5.29. The highest BCUT2D eigenvalue weighted by Crippen LogP contribution is 2.20. The Bertz CT molecular complexity index is 366. The first-order chi connectivity index (χ1) is 9.73. The largest absolute Gasteiger partial charge is 0.444 e. The molecule has 2 atom stereocenters. The van der Waals surface area contributed by atoms with Crippen LogP contribution in [0.15, 0.2) is 0 Å². The summed E-state index contributed by atoms with van der Waals surface area (Å²) in [6, 6.07) is 0.119. The molecule has 21 heavy (non-hydrogen) atoms. The number of nitrogens with zero attached hydrogens (tertiary/aromatic N) is 1. The summed E-state index contributed by atoms with van der Waals surface area (Å²) >= 11 is 0. The molecule has 0 aromatic carbocycles. The van der Waals surface area contributed by atoms with E-state index >= 15 is 0 Å². The summed E-state index contributed by atoms with van der Waals surface area (Å²) in [6.07, 6.45) is 2.79. The first kappa shape index (κ1) is 17.8. The summed E-state index contributed by atoms with van der Waals surface area (Å²) in [5, 5.41) is 5.54. The van der Waals surface area contributed by atoms with Gasteiger partial charge >= 0.3 is 6.09 Å². The van der Waals surface area contributed by atoms with Crippen LogP contribution in [0.2, 0.25) is 0 Å².